The number of rotatable bonds is 3. The molecule has 1 aromatic heterocycles. The molecule has 1 fully saturated rings. The number of nitrogens with zero attached hydrogens (tertiary/aromatic N) is 2. The van der Waals surface area contributed by atoms with E-state index in [0.29, 0.717) is 11.7 Å². The number of nitrogens with two attached hydrogens (primary N) is 1. The molecule has 21 heavy (non-hydrogen) atoms. The summed E-state index contributed by atoms with van der Waals surface area (Å²) in [4.78, 5) is 8.99. The predicted octanol–water partition coefficient (Wildman–Crippen LogP) is 2.72. The highest BCUT2D eigenvalue weighted by atomic mass is 16.7. The van der Waals surface area contributed by atoms with Gasteiger partial charge in [0, 0.05) is 23.2 Å². The molecule has 2 heterocycles. The Morgan fingerprint density at radius 2 is 2.00 bits per heavy atom. The summed E-state index contributed by atoms with van der Waals surface area (Å²) in [6, 6.07) is 5.71. The van der Waals surface area contributed by atoms with Gasteiger partial charge in [-0.3, -0.25) is 0 Å². The Bertz CT molecular complexity index is 713. The van der Waals surface area contributed by atoms with Gasteiger partial charge in [0.2, 0.25) is 6.79 Å². The third-order valence-corrected chi connectivity index (χ3v) is 3.78. The van der Waals surface area contributed by atoms with Gasteiger partial charge in [0.25, 0.3) is 0 Å². The summed E-state index contributed by atoms with van der Waals surface area (Å²) in [6.45, 7) is 2.19. The van der Waals surface area contributed by atoms with Crippen LogP contribution in [0.3, 0.4) is 0 Å². The number of ether oxygens (including phenoxy) is 2. The summed E-state index contributed by atoms with van der Waals surface area (Å²) in [5.74, 6) is 4.09. The first-order valence-corrected chi connectivity index (χ1v) is 7.01. The molecule has 108 valence electrons. The van der Waals surface area contributed by atoms with Gasteiger partial charge in [-0.1, -0.05) is 0 Å². The standard InChI is InChI=1S/C15H16N4O2/c1-8-13(16)18-15(9-2-3-9)19-14(8)17-10-4-5-11-12(6-10)21-7-20-11/h4-6,9H,2-3,7H2,1H3,(H3,16,17,18,19). The van der Waals surface area contributed by atoms with E-state index in [1.165, 1.54) is 0 Å². The molecule has 1 aromatic carbocycles. The van der Waals surface area contributed by atoms with Crippen LogP contribution in [0, 0.1) is 6.92 Å². The van der Waals surface area contributed by atoms with Gasteiger partial charge >= 0.3 is 0 Å². The molecule has 1 aliphatic heterocycles. The molecule has 0 radical (unpaired) electrons. The minimum absolute atomic E-state index is 0.268. The van der Waals surface area contributed by atoms with Crippen LogP contribution in [0.4, 0.5) is 17.3 Å². The summed E-state index contributed by atoms with van der Waals surface area (Å²) in [5, 5.41) is 3.30. The van der Waals surface area contributed by atoms with Crippen LogP contribution in [0.1, 0.15) is 30.1 Å². The number of anilines is 3. The SMILES string of the molecule is Cc1c(N)nc(C2CC2)nc1Nc1ccc2c(c1)OCO2. The second-order valence-corrected chi connectivity index (χ2v) is 5.41. The maximum Gasteiger partial charge on any atom is 0.231 e. The molecule has 4 rings (SSSR count). The number of nitrogen functional groups attached to an aromatic ring is 1. The molecule has 6 heteroatoms. The molecule has 0 atom stereocenters. The van der Waals surface area contributed by atoms with Crippen molar-refractivity contribution < 1.29 is 9.47 Å². The van der Waals surface area contributed by atoms with E-state index in [1.807, 2.05) is 25.1 Å². The minimum atomic E-state index is 0.268. The van der Waals surface area contributed by atoms with Crippen molar-refractivity contribution in [3.63, 3.8) is 0 Å². The zero-order chi connectivity index (χ0) is 14.4. The maximum atomic E-state index is 6.00. The Hall–Kier alpha value is -2.50. The lowest BCUT2D eigenvalue weighted by molar-refractivity contribution is 0.174. The Balaban J connectivity index is 1.67. The Morgan fingerprint density at radius 1 is 1.19 bits per heavy atom. The van der Waals surface area contributed by atoms with Gasteiger partial charge in [0.1, 0.15) is 17.5 Å². The summed E-state index contributed by atoms with van der Waals surface area (Å²) in [7, 11) is 0. The zero-order valence-electron chi connectivity index (χ0n) is 11.7. The number of hydrogen-bond acceptors (Lipinski definition) is 6. The molecule has 0 amide bonds. The van der Waals surface area contributed by atoms with Crippen LogP contribution < -0.4 is 20.5 Å². The predicted molar refractivity (Wildman–Crippen MR) is 79.0 cm³/mol. The average Bonchev–Trinajstić information content (AvgIpc) is 3.22. The second kappa shape index (κ2) is 4.51. The molecule has 2 aliphatic rings. The van der Waals surface area contributed by atoms with E-state index in [9.17, 15) is 0 Å². The average molecular weight is 284 g/mol. The highest BCUT2D eigenvalue weighted by Gasteiger charge is 2.28. The van der Waals surface area contributed by atoms with Crippen molar-refractivity contribution >= 4 is 17.3 Å². The highest BCUT2D eigenvalue weighted by molar-refractivity contribution is 5.66. The fourth-order valence-electron chi connectivity index (χ4n) is 2.31. The van der Waals surface area contributed by atoms with E-state index >= 15 is 0 Å². The summed E-state index contributed by atoms with van der Waals surface area (Å²) in [6.07, 6.45) is 2.29. The number of aromatic nitrogens is 2. The molecular weight excluding hydrogens is 268 g/mol. The van der Waals surface area contributed by atoms with Gasteiger partial charge in [-0.2, -0.15) is 0 Å². The minimum Gasteiger partial charge on any atom is -0.454 e. The van der Waals surface area contributed by atoms with Crippen LogP contribution in [0.25, 0.3) is 0 Å². The largest absolute Gasteiger partial charge is 0.454 e. The van der Waals surface area contributed by atoms with E-state index in [-0.39, 0.29) is 6.79 Å². The van der Waals surface area contributed by atoms with Gasteiger partial charge in [-0.25, -0.2) is 9.97 Å². The molecule has 6 nitrogen and oxygen atoms in total. The van der Waals surface area contributed by atoms with Gasteiger partial charge in [0.05, 0.1) is 0 Å². The third kappa shape index (κ3) is 2.22. The van der Waals surface area contributed by atoms with Crippen molar-refractivity contribution in [3.05, 3.63) is 29.6 Å². The van der Waals surface area contributed by atoms with E-state index in [0.717, 1.165) is 47.2 Å². The van der Waals surface area contributed by atoms with Crippen LogP contribution >= 0.6 is 0 Å². The molecule has 0 saturated heterocycles. The number of fused-ring (bicyclic) bond motifs is 1. The van der Waals surface area contributed by atoms with Crippen LogP contribution in [0.15, 0.2) is 18.2 Å². The second-order valence-electron chi connectivity index (χ2n) is 5.41. The van der Waals surface area contributed by atoms with E-state index in [1.54, 1.807) is 0 Å². The van der Waals surface area contributed by atoms with Crippen molar-refractivity contribution in [2.24, 2.45) is 0 Å². The number of nitrogens with one attached hydrogen (secondary N) is 1. The molecule has 3 N–H and O–H groups in total. The summed E-state index contributed by atoms with van der Waals surface area (Å²) >= 11 is 0. The Morgan fingerprint density at radius 3 is 2.81 bits per heavy atom. The lowest BCUT2D eigenvalue weighted by Gasteiger charge is -2.12. The monoisotopic (exact) mass is 284 g/mol. The molecule has 0 unspecified atom stereocenters. The molecule has 1 saturated carbocycles. The van der Waals surface area contributed by atoms with E-state index < -0.39 is 0 Å². The topological polar surface area (TPSA) is 82.3 Å². The van der Waals surface area contributed by atoms with Crippen molar-refractivity contribution in [2.75, 3.05) is 17.8 Å². The fourth-order valence-corrected chi connectivity index (χ4v) is 2.31. The van der Waals surface area contributed by atoms with Crippen LogP contribution in [0.5, 0.6) is 11.5 Å². The van der Waals surface area contributed by atoms with Gasteiger partial charge < -0.3 is 20.5 Å². The first kappa shape index (κ1) is 12.3. The van der Waals surface area contributed by atoms with Crippen molar-refractivity contribution in [2.45, 2.75) is 25.7 Å². The van der Waals surface area contributed by atoms with E-state index in [2.05, 4.69) is 15.3 Å². The first-order valence-electron chi connectivity index (χ1n) is 7.01. The molecule has 2 aromatic rings. The van der Waals surface area contributed by atoms with Crippen molar-refractivity contribution in [1.82, 2.24) is 9.97 Å². The lowest BCUT2D eigenvalue weighted by atomic mass is 10.2. The van der Waals surface area contributed by atoms with Crippen LogP contribution in [-0.2, 0) is 0 Å². The molecule has 0 spiro atoms. The maximum absolute atomic E-state index is 6.00. The highest BCUT2D eigenvalue weighted by Crippen LogP contribution is 2.40. The smallest absolute Gasteiger partial charge is 0.231 e. The third-order valence-electron chi connectivity index (χ3n) is 3.78. The molecule has 1 aliphatic carbocycles. The van der Waals surface area contributed by atoms with Crippen LogP contribution in [-0.4, -0.2) is 16.8 Å². The van der Waals surface area contributed by atoms with E-state index in [4.69, 9.17) is 15.2 Å². The Labute approximate surface area is 122 Å². The van der Waals surface area contributed by atoms with Crippen molar-refractivity contribution in [3.8, 4) is 11.5 Å². The number of benzene rings is 1. The quantitative estimate of drug-likeness (QED) is 0.901. The normalized spacial score (nSPS) is 16.0. The lowest BCUT2D eigenvalue weighted by Crippen LogP contribution is -2.06. The Kier molecular flexibility index (Phi) is 2.63. The first-order chi connectivity index (χ1) is 10.2. The van der Waals surface area contributed by atoms with Crippen LogP contribution in [0.2, 0.25) is 0 Å². The zero-order valence-corrected chi connectivity index (χ0v) is 11.7. The summed E-state index contributed by atoms with van der Waals surface area (Å²) < 4.78 is 10.7. The van der Waals surface area contributed by atoms with Gasteiger partial charge in [-0.15, -0.1) is 0 Å². The summed E-state index contributed by atoms with van der Waals surface area (Å²) in [5.41, 5.74) is 7.74. The molecular formula is C15H16N4O2. The van der Waals surface area contributed by atoms with Gasteiger partial charge in [0.15, 0.2) is 11.5 Å². The molecule has 0 bridgehead atoms. The van der Waals surface area contributed by atoms with Gasteiger partial charge in [-0.05, 0) is 31.9 Å². The number of hydrogen-bond donors (Lipinski definition) is 2. The fraction of sp³-hybridized carbons (Fsp3) is 0.333. The van der Waals surface area contributed by atoms with Crippen molar-refractivity contribution in [1.29, 1.82) is 0 Å².